The van der Waals surface area contributed by atoms with E-state index in [9.17, 15) is 4.79 Å². The highest BCUT2D eigenvalue weighted by molar-refractivity contribution is 5.91. The molecule has 0 aliphatic carbocycles. The molecule has 0 aromatic carbocycles. The summed E-state index contributed by atoms with van der Waals surface area (Å²) in [6, 6.07) is 1.69. The van der Waals surface area contributed by atoms with Gasteiger partial charge in [0.1, 0.15) is 11.9 Å². The second-order valence-electron chi connectivity index (χ2n) is 3.02. The predicted molar refractivity (Wildman–Crippen MR) is 52.3 cm³/mol. The van der Waals surface area contributed by atoms with E-state index < -0.39 is 5.97 Å². The van der Waals surface area contributed by atoms with Crippen LogP contribution >= 0.6 is 0 Å². The first-order valence-electron chi connectivity index (χ1n) is 4.21. The molecule has 5 nitrogen and oxygen atoms in total. The summed E-state index contributed by atoms with van der Waals surface area (Å²) in [4.78, 5) is 14.1. The summed E-state index contributed by atoms with van der Waals surface area (Å²) < 4.78 is 0. The fourth-order valence-corrected chi connectivity index (χ4v) is 1.10. The quantitative estimate of drug-likeness (QED) is 0.519. The van der Waals surface area contributed by atoms with Gasteiger partial charge in [-0.05, 0) is 6.92 Å². The molecule has 0 fully saturated rings. The van der Waals surface area contributed by atoms with Gasteiger partial charge in [0.25, 0.3) is 0 Å². The highest BCUT2D eigenvalue weighted by Crippen LogP contribution is 2.10. The van der Waals surface area contributed by atoms with Crippen LogP contribution in [0.1, 0.15) is 6.92 Å². The predicted octanol–water partition coefficient (Wildman–Crippen LogP) is 0.319. The number of hydrogen-bond acceptors (Lipinski definition) is 4. The SMILES string of the molecule is CCN(C)C(=C(C#N)C(=O)O)N(C)C. The van der Waals surface area contributed by atoms with Crippen LogP contribution < -0.4 is 0 Å². The minimum Gasteiger partial charge on any atom is -0.477 e. The molecule has 0 radical (unpaired) electrons. The molecular weight excluding hydrogens is 182 g/mol. The molecule has 0 aromatic heterocycles. The van der Waals surface area contributed by atoms with E-state index in [4.69, 9.17) is 10.4 Å². The molecule has 0 rings (SSSR count). The molecule has 0 aliphatic heterocycles. The lowest BCUT2D eigenvalue weighted by Gasteiger charge is -2.27. The number of carbonyl (C=O) groups is 1. The highest BCUT2D eigenvalue weighted by Gasteiger charge is 2.18. The van der Waals surface area contributed by atoms with Crippen LogP contribution in [0.2, 0.25) is 0 Å². The fourth-order valence-electron chi connectivity index (χ4n) is 1.10. The minimum absolute atomic E-state index is 0.237. The average molecular weight is 197 g/mol. The van der Waals surface area contributed by atoms with E-state index in [1.54, 1.807) is 37.0 Å². The van der Waals surface area contributed by atoms with E-state index in [1.165, 1.54) is 0 Å². The first kappa shape index (κ1) is 12.3. The van der Waals surface area contributed by atoms with Gasteiger partial charge in [0, 0.05) is 27.7 Å². The van der Waals surface area contributed by atoms with Crippen LogP contribution in [-0.4, -0.2) is 48.6 Å². The van der Waals surface area contributed by atoms with E-state index in [1.807, 2.05) is 6.92 Å². The van der Waals surface area contributed by atoms with Gasteiger partial charge in [-0.2, -0.15) is 5.26 Å². The highest BCUT2D eigenvalue weighted by atomic mass is 16.4. The molecule has 0 heterocycles. The molecule has 0 saturated heterocycles. The monoisotopic (exact) mass is 197 g/mol. The standard InChI is InChI=1S/C9H15N3O2/c1-5-12(4)8(11(2)3)7(6-10)9(13)14/h5H2,1-4H3,(H,13,14). The zero-order valence-electron chi connectivity index (χ0n) is 8.90. The van der Waals surface area contributed by atoms with Crippen LogP contribution in [0.3, 0.4) is 0 Å². The topological polar surface area (TPSA) is 67.6 Å². The first-order valence-corrected chi connectivity index (χ1v) is 4.21. The van der Waals surface area contributed by atoms with Crippen LogP contribution in [0, 0.1) is 11.3 Å². The smallest absolute Gasteiger partial charge is 0.350 e. The van der Waals surface area contributed by atoms with Crippen molar-refractivity contribution in [3.05, 3.63) is 11.4 Å². The van der Waals surface area contributed by atoms with Gasteiger partial charge in [-0.3, -0.25) is 0 Å². The summed E-state index contributed by atoms with van der Waals surface area (Å²) >= 11 is 0. The summed E-state index contributed by atoms with van der Waals surface area (Å²) in [5.74, 6) is -0.779. The summed E-state index contributed by atoms with van der Waals surface area (Å²) in [5, 5.41) is 17.5. The van der Waals surface area contributed by atoms with E-state index in [0.29, 0.717) is 12.4 Å². The summed E-state index contributed by atoms with van der Waals surface area (Å²) in [6.07, 6.45) is 0. The molecule has 78 valence electrons. The summed E-state index contributed by atoms with van der Waals surface area (Å²) in [6.45, 7) is 2.53. The van der Waals surface area contributed by atoms with E-state index in [0.717, 1.165) is 0 Å². The second kappa shape index (κ2) is 5.12. The Balaban J connectivity index is 5.35. The molecule has 0 aromatic rings. The van der Waals surface area contributed by atoms with Gasteiger partial charge in [0.2, 0.25) is 0 Å². The lowest BCUT2D eigenvalue weighted by atomic mass is 10.2. The molecule has 1 N–H and O–H groups in total. The second-order valence-corrected chi connectivity index (χ2v) is 3.02. The third-order valence-electron chi connectivity index (χ3n) is 1.81. The number of aliphatic carboxylic acids is 1. The first-order chi connectivity index (χ1) is 6.45. The summed E-state index contributed by atoms with van der Waals surface area (Å²) in [7, 11) is 5.17. The van der Waals surface area contributed by atoms with Crippen LogP contribution in [0.4, 0.5) is 0 Å². The van der Waals surface area contributed by atoms with Crippen molar-refractivity contribution in [3.8, 4) is 6.07 Å². The molecule has 5 heteroatoms. The van der Waals surface area contributed by atoms with Crippen molar-refractivity contribution in [1.82, 2.24) is 9.80 Å². The van der Waals surface area contributed by atoms with Gasteiger partial charge in [0.05, 0.1) is 0 Å². The number of carboxylic acids is 1. The number of rotatable bonds is 4. The van der Waals surface area contributed by atoms with Gasteiger partial charge < -0.3 is 14.9 Å². The Morgan fingerprint density at radius 2 is 1.93 bits per heavy atom. The lowest BCUT2D eigenvalue weighted by Crippen LogP contribution is -2.30. The third-order valence-corrected chi connectivity index (χ3v) is 1.81. The van der Waals surface area contributed by atoms with Crippen LogP contribution in [0.15, 0.2) is 11.4 Å². The van der Waals surface area contributed by atoms with Crippen molar-refractivity contribution in [2.45, 2.75) is 6.92 Å². The Bertz CT molecular complexity index is 289. The maximum atomic E-state index is 10.8. The van der Waals surface area contributed by atoms with E-state index in [2.05, 4.69) is 0 Å². The summed E-state index contributed by atoms with van der Waals surface area (Å²) in [5.41, 5.74) is -0.237. The number of nitriles is 1. The molecule has 0 saturated carbocycles. The van der Waals surface area contributed by atoms with Crippen molar-refractivity contribution < 1.29 is 9.90 Å². The van der Waals surface area contributed by atoms with Gasteiger partial charge in [0.15, 0.2) is 5.57 Å². The molecule has 0 aliphatic rings. The van der Waals surface area contributed by atoms with Crippen LogP contribution in [0.5, 0.6) is 0 Å². The average Bonchev–Trinajstić information content (AvgIpc) is 2.11. The van der Waals surface area contributed by atoms with Crippen LogP contribution in [0.25, 0.3) is 0 Å². The van der Waals surface area contributed by atoms with Crippen molar-refractivity contribution in [1.29, 1.82) is 5.26 Å². The number of nitrogens with zero attached hydrogens (tertiary/aromatic N) is 3. The maximum absolute atomic E-state index is 10.8. The zero-order valence-corrected chi connectivity index (χ0v) is 8.90. The largest absolute Gasteiger partial charge is 0.477 e. The Labute approximate surface area is 83.8 Å². The maximum Gasteiger partial charge on any atom is 0.350 e. The molecule has 0 spiro atoms. The molecule has 0 bridgehead atoms. The Morgan fingerprint density at radius 1 is 1.43 bits per heavy atom. The third kappa shape index (κ3) is 2.66. The van der Waals surface area contributed by atoms with Gasteiger partial charge in [-0.15, -0.1) is 0 Å². The van der Waals surface area contributed by atoms with Gasteiger partial charge in [-0.25, -0.2) is 4.79 Å². The zero-order chi connectivity index (χ0) is 11.3. The van der Waals surface area contributed by atoms with Crippen molar-refractivity contribution >= 4 is 5.97 Å². The molecule has 14 heavy (non-hydrogen) atoms. The molecule has 0 unspecified atom stereocenters. The minimum atomic E-state index is -1.20. The number of carboxylic acid groups (broad SMARTS) is 1. The molecule has 0 atom stereocenters. The Hall–Kier alpha value is -1.70. The normalized spacial score (nSPS) is 11.4. The fraction of sp³-hybridized carbons (Fsp3) is 0.556. The molecule has 0 amide bonds. The Morgan fingerprint density at radius 3 is 2.14 bits per heavy atom. The van der Waals surface area contributed by atoms with Crippen molar-refractivity contribution in [3.63, 3.8) is 0 Å². The molecular formula is C9H15N3O2. The van der Waals surface area contributed by atoms with Crippen LogP contribution in [-0.2, 0) is 4.79 Å². The van der Waals surface area contributed by atoms with E-state index in [-0.39, 0.29) is 5.57 Å². The van der Waals surface area contributed by atoms with Crippen molar-refractivity contribution in [2.24, 2.45) is 0 Å². The van der Waals surface area contributed by atoms with E-state index >= 15 is 0 Å². The van der Waals surface area contributed by atoms with Gasteiger partial charge in [-0.1, -0.05) is 0 Å². The Kier molecular flexibility index (Phi) is 4.50. The van der Waals surface area contributed by atoms with Gasteiger partial charge >= 0.3 is 5.97 Å². The lowest BCUT2D eigenvalue weighted by molar-refractivity contribution is -0.132. The van der Waals surface area contributed by atoms with Crippen molar-refractivity contribution in [2.75, 3.05) is 27.7 Å². The number of hydrogen-bond donors (Lipinski definition) is 1.